The predicted octanol–water partition coefficient (Wildman–Crippen LogP) is 2.41. The highest BCUT2D eigenvalue weighted by atomic mass is 19.1. The zero-order valence-corrected chi connectivity index (χ0v) is 11.6. The molecule has 0 unspecified atom stereocenters. The summed E-state index contributed by atoms with van der Waals surface area (Å²) in [6.07, 6.45) is 0.930. The fourth-order valence-electron chi connectivity index (χ4n) is 1.51. The third kappa shape index (κ3) is 5.59. The molecule has 1 rings (SSSR count). The van der Waals surface area contributed by atoms with Gasteiger partial charge in [-0.3, -0.25) is 4.79 Å². The average molecular weight is 268 g/mol. The lowest BCUT2D eigenvalue weighted by molar-refractivity contribution is -0.119. The summed E-state index contributed by atoms with van der Waals surface area (Å²) in [4.78, 5) is 11.5. The lowest BCUT2D eigenvalue weighted by Crippen LogP contribution is -2.31. The maximum atomic E-state index is 13.5. The Kier molecular flexibility index (Phi) is 6.12. The first-order chi connectivity index (χ1) is 9.02. The molecule has 0 saturated carbocycles. The van der Waals surface area contributed by atoms with Crippen LogP contribution in [0.2, 0.25) is 0 Å². The molecule has 0 spiro atoms. The minimum Gasteiger partial charge on any atom is -0.497 e. The van der Waals surface area contributed by atoms with Gasteiger partial charge < -0.3 is 15.4 Å². The van der Waals surface area contributed by atoms with Crippen LogP contribution in [-0.2, 0) is 4.79 Å². The molecule has 0 bridgehead atoms. The fraction of sp³-hybridized carbons (Fsp3) is 0.500. The van der Waals surface area contributed by atoms with Crippen LogP contribution in [-0.4, -0.2) is 26.1 Å². The van der Waals surface area contributed by atoms with Gasteiger partial charge in [-0.1, -0.05) is 13.8 Å². The van der Waals surface area contributed by atoms with E-state index in [1.165, 1.54) is 25.3 Å². The highest BCUT2D eigenvalue weighted by Gasteiger charge is 2.06. The molecule has 2 N–H and O–H groups in total. The lowest BCUT2D eigenvalue weighted by Gasteiger charge is -2.10. The number of benzene rings is 1. The van der Waals surface area contributed by atoms with Gasteiger partial charge in [0.05, 0.1) is 19.3 Å². The predicted molar refractivity (Wildman–Crippen MR) is 73.9 cm³/mol. The molecule has 0 radical (unpaired) electrons. The van der Waals surface area contributed by atoms with E-state index in [1.54, 1.807) is 0 Å². The number of ether oxygens (including phenoxy) is 1. The quantitative estimate of drug-likeness (QED) is 0.798. The van der Waals surface area contributed by atoms with Crippen LogP contribution in [0.25, 0.3) is 0 Å². The van der Waals surface area contributed by atoms with E-state index in [9.17, 15) is 9.18 Å². The van der Waals surface area contributed by atoms with Crippen molar-refractivity contribution in [2.24, 2.45) is 5.92 Å². The molecule has 1 amide bonds. The maximum Gasteiger partial charge on any atom is 0.239 e. The van der Waals surface area contributed by atoms with Crippen molar-refractivity contribution >= 4 is 11.6 Å². The summed E-state index contributed by atoms with van der Waals surface area (Å²) >= 11 is 0. The molecule has 1 aromatic carbocycles. The molecule has 0 fully saturated rings. The van der Waals surface area contributed by atoms with E-state index in [-0.39, 0.29) is 18.1 Å². The molecule has 0 aliphatic heterocycles. The van der Waals surface area contributed by atoms with Crippen LogP contribution in [0.1, 0.15) is 20.3 Å². The first-order valence-corrected chi connectivity index (χ1v) is 6.37. The Hall–Kier alpha value is -1.78. The summed E-state index contributed by atoms with van der Waals surface area (Å²) < 4.78 is 18.5. The van der Waals surface area contributed by atoms with Gasteiger partial charge in [0.25, 0.3) is 0 Å². The molecule has 0 saturated heterocycles. The minimum absolute atomic E-state index is 0.0438. The van der Waals surface area contributed by atoms with Gasteiger partial charge in [-0.2, -0.15) is 0 Å². The zero-order valence-electron chi connectivity index (χ0n) is 11.6. The maximum absolute atomic E-state index is 13.5. The number of amides is 1. The monoisotopic (exact) mass is 268 g/mol. The Morgan fingerprint density at radius 3 is 2.79 bits per heavy atom. The molecule has 19 heavy (non-hydrogen) atoms. The number of methoxy groups -OCH3 is 1. The van der Waals surface area contributed by atoms with Crippen molar-refractivity contribution in [1.29, 1.82) is 0 Å². The van der Waals surface area contributed by atoms with Crippen LogP contribution in [0, 0.1) is 11.7 Å². The van der Waals surface area contributed by atoms with E-state index >= 15 is 0 Å². The topological polar surface area (TPSA) is 50.4 Å². The standard InChI is InChI=1S/C14H21FN2O2/c1-10(2)6-7-16-14(18)9-17-13-8-11(19-3)4-5-12(13)15/h4-5,8,10,17H,6-7,9H2,1-3H3,(H,16,18). The summed E-state index contributed by atoms with van der Waals surface area (Å²) in [5, 5.41) is 5.54. The molecule has 0 aromatic heterocycles. The Morgan fingerprint density at radius 1 is 1.42 bits per heavy atom. The molecule has 0 aliphatic rings. The Bertz CT molecular complexity index is 422. The van der Waals surface area contributed by atoms with Crippen molar-refractivity contribution in [3.63, 3.8) is 0 Å². The van der Waals surface area contributed by atoms with Crippen molar-refractivity contribution in [3.05, 3.63) is 24.0 Å². The summed E-state index contributed by atoms with van der Waals surface area (Å²) in [5.41, 5.74) is 0.262. The number of nitrogens with one attached hydrogen (secondary N) is 2. The van der Waals surface area contributed by atoms with E-state index in [0.717, 1.165) is 6.42 Å². The van der Waals surface area contributed by atoms with E-state index in [0.29, 0.717) is 18.2 Å². The number of hydrogen-bond donors (Lipinski definition) is 2. The molecule has 106 valence electrons. The molecule has 1 aromatic rings. The largest absolute Gasteiger partial charge is 0.497 e. The fourth-order valence-corrected chi connectivity index (χ4v) is 1.51. The van der Waals surface area contributed by atoms with Gasteiger partial charge >= 0.3 is 0 Å². The number of anilines is 1. The Balaban J connectivity index is 2.41. The highest BCUT2D eigenvalue weighted by Crippen LogP contribution is 2.20. The van der Waals surface area contributed by atoms with Crippen molar-refractivity contribution in [2.45, 2.75) is 20.3 Å². The number of rotatable bonds is 7. The number of halogens is 1. The van der Waals surface area contributed by atoms with Crippen molar-refractivity contribution in [2.75, 3.05) is 25.5 Å². The van der Waals surface area contributed by atoms with Crippen LogP contribution in [0.4, 0.5) is 10.1 Å². The second-order valence-corrected chi connectivity index (χ2v) is 4.73. The third-order valence-corrected chi connectivity index (χ3v) is 2.66. The minimum atomic E-state index is -0.407. The first kappa shape index (κ1) is 15.3. The van der Waals surface area contributed by atoms with Gasteiger partial charge in [0.15, 0.2) is 0 Å². The smallest absolute Gasteiger partial charge is 0.239 e. The van der Waals surface area contributed by atoms with Gasteiger partial charge in [-0.25, -0.2) is 4.39 Å². The van der Waals surface area contributed by atoms with Crippen molar-refractivity contribution in [3.8, 4) is 5.75 Å². The average Bonchev–Trinajstić information content (AvgIpc) is 2.37. The van der Waals surface area contributed by atoms with Gasteiger partial charge in [-0.05, 0) is 24.5 Å². The molecular weight excluding hydrogens is 247 g/mol. The third-order valence-electron chi connectivity index (χ3n) is 2.66. The molecule has 0 heterocycles. The van der Waals surface area contributed by atoms with Gasteiger partial charge in [0.2, 0.25) is 5.91 Å². The van der Waals surface area contributed by atoms with Gasteiger partial charge in [0.1, 0.15) is 11.6 Å². The summed E-state index contributed by atoms with van der Waals surface area (Å²) in [7, 11) is 1.51. The SMILES string of the molecule is COc1ccc(F)c(NCC(=O)NCCC(C)C)c1. The molecule has 0 atom stereocenters. The van der Waals surface area contributed by atoms with Crippen molar-refractivity contribution < 1.29 is 13.9 Å². The van der Waals surface area contributed by atoms with Gasteiger partial charge in [-0.15, -0.1) is 0 Å². The lowest BCUT2D eigenvalue weighted by atomic mass is 10.1. The summed E-state index contributed by atoms with van der Waals surface area (Å²) in [5.74, 6) is 0.534. The van der Waals surface area contributed by atoms with E-state index in [4.69, 9.17) is 4.74 Å². The molecule has 0 aliphatic carbocycles. The second kappa shape index (κ2) is 7.61. The van der Waals surface area contributed by atoms with Crippen LogP contribution in [0.15, 0.2) is 18.2 Å². The Labute approximate surface area is 113 Å². The molecular formula is C14H21FN2O2. The first-order valence-electron chi connectivity index (χ1n) is 6.37. The number of carbonyl (C=O) groups is 1. The van der Waals surface area contributed by atoms with Crippen LogP contribution in [0.3, 0.4) is 0 Å². The van der Waals surface area contributed by atoms with E-state index in [1.807, 2.05) is 0 Å². The Morgan fingerprint density at radius 2 is 2.16 bits per heavy atom. The number of hydrogen-bond acceptors (Lipinski definition) is 3. The van der Waals surface area contributed by atoms with E-state index in [2.05, 4.69) is 24.5 Å². The zero-order chi connectivity index (χ0) is 14.3. The second-order valence-electron chi connectivity index (χ2n) is 4.73. The highest BCUT2D eigenvalue weighted by molar-refractivity contribution is 5.80. The molecule has 4 nitrogen and oxygen atoms in total. The summed E-state index contributed by atoms with van der Waals surface area (Å²) in [6.45, 7) is 4.87. The summed E-state index contributed by atoms with van der Waals surface area (Å²) in [6, 6.07) is 4.36. The van der Waals surface area contributed by atoms with Crippen molar-refractivity contribution in [1.82, 2.24) is 5.32 Å². The van der Waals surface area contributed by atoms with Gasteiger partial charge in [0, 0.05) is 12.6 Å². The normalized spacial score (nSPS) is 10.4. The van der Waals surface area contributed by atoms with Crippen LogP contribution < -0.4 is 15.4 Å². The van der Waals surface area contributed by atoms with Crippen LogP contribution in [0.5, 0.6) is 5.75 Å². The van der Waals surface area contributed by atoms with Crippen LogP contribution >= 0.6 is 0 Å². The number of carbonyl (C=O) groups excluding carboxylic acids is 1. The molecule has 5 heteroatoms. The van der Waals surface area contributed by atoms with E-state index < -0.39 is 5.82 Å².